The molecule has 1 heterocycles. The topological polar surface area (TPSA) is 75.7 Å². The number of anilines is 1. The van der Waals surface area contributed by atoms with Crippen LogP contribution in [0.25, 0.3) is 0 Å². The number of sulfone groups is 1. The number of urea groups is 1. The summed E-state index contributed by atoms with van der Waals surface area (Å²) < 4.78 is 28.7. The van der Waals surface area contributed by atoms with Crippen LogP contribution in [-0.4, -0.2) is 51.9 Å². The Kier molecular flexibility index (Phi) is 5.08. The second-order valence-corrected chi connectivity index (χ2v) is 7.71. The third kappa shape index (κ3) is 4.20. The molecule has 22 heavy (non-hydrogen) atoms. The van der Waals surface area contributed by atoms with Gasteiger partial charge < -0.3 is 15.0 Å². The standard InChI is InChI=1S/C15H22N2O4S/c1-11-6-7-13(22(3,19)20)9-14(11)16-15(18)17(2)10-12-5-4-8-21-12/h6-7,9,12H,4-5,8,10H2,1-3H3,(H,16,18)/t12-/m1/s1. The average Bonchev–Trinajstić information content (AvgIpc) is 2.92. The van der Waals surface area contributed by atoms with Gasteiger partial charge in [-0.15, -0.1) is 0 Å². The number of likely N-dealkylation sites (N-methyl/N-ethyl adjacent to an activating group) is 1. The van der Waals surface area contributed by atoms with Crippen LogP contribution in [0.2, 0.25) is 0 Å². The molecule has 1 aromatic rings. The van der Waals surface area contributed by atoms with E-state index in [0.29, 0.717) is 12.2 Å². The van der Waals surface area contributed by atoms with Gasteiger partial charge in [0.25, 0.3) is 0 Å². The van der Waals surface area contributed by atoms with Gasteiger partial charge >= 0.3 is 6.03 Å². The first kappa shape index (κ1) is 16.8. The van der Waals surface area contributed by atoms with Gasteiger partial charge in [0, 0.05) is 32.1 Å². The fourth-order valence-electron chi connectivity index (χ4n) is 2.35. The molecule has 0 spiro atoms. The minimum absolute atomic E-state index is 0.0826. The number of amides is 2. The molecule has 2 rings (SSSR count). The zero-order valence-corrected chi connectivity index (χ0v) is 13.9. The number of benzene rings is 1. The average molecular weight is 326 g/mol. The van der Waals surface area contributed by atoms with E-state index in [1.807, 2.05) is 6.92 Å². The van der Waals surface area contributed by atoms with Gasteiger partial charge in [-0.25, -0.2) is 13.2 Å². The number of carbonyl (C=O) groups is 1. The summed E-state index contributed by atoms with van der Waals surface area (Å²) in [6, 6.07) is 4.44. The lowest BCUT2D eigenvalue weighted by Gasteiger charge is -2.22. The van der Waals surface area contributed by atoms with Crippen molar-refractivity contribution in [1.82, 2.24) is 4.90 Å². The number of nitrogens with zero attached hydrogens (tertiary/aromatic N) is 1. The summed E-state index contributed by atoms with van der Waals surface area (Å²) >= 11 is 0. The van der Waals surface area contributed by atoms with E-state index < -0.39 is 9.84 Å². The molecule has 1 aliphatic rings. The van der Waals surface area contributed by atoms with E-state index in [1.165, 1.54) is 12.1 Å². The third-order valence-electron chi connectivity index (χ3n) is 3.73. The first-order valence-electron chi connectivity index (χ1n) is 7.22. The summed E-state index contributed by atoms with van der Waals surface area (Å²) in [7, 11) is -1.60. The Hall–Kier alpha value is -1.60. The molecule has 1 aliphatic heterocycles. The molecule has 6 nitrogen and oxygen atoms in total. The van der Waals surface area contributed by atoms with Crippen LogP contribution in [0.15, 0.2) is 23.1 Å². The van der Waals surface area contributed by atoms with Crippen molar-refractivity contribution in [3.63, 3.8) is 0 Å². The van der Waals surface area contributed by atoms with E-state index in [1.54, 1.807) is 18.0 Å². The normalized spacial score (nSPS) is 18.2. The Balaban J connectivity index is 2.07. The number of rotatable bonds is 4. The molecule has 0 radical (unpaired) electrons. The lowest BCUT2D eigenvalue weighted by atomic mass is 10.2. The SMILES string of the molecule is Cc1ccc(S(C)(=O)=O)cc1NC(=O)N(C)C[C@H]1CCCO1. The van der Waals surface area contributed by atoms with Gasteiger partial charge in [0.05, 0.1) is 11.0 Å². The monoisotopic (exact) mass is 326 g/mol. The zero-order chi connectivity index (χ0) is 16.3. The minimum atomic E-state index is -3.30. The van der Waals surface area contributed by atoms with E-state index in [4.69, 9.17) is 4.74 Å². The van der Waals surface area contributed by atoms with Crippen molar-refractivity contribution in [2.75, 3.05) is 31.8 Å². The lowest BCUT2D eigenvalue weighted by molar-refractivity contribution is 0.0894. The second kappa shape index (κ2) is 6.66. The number of nitrogens with one attached hydrogen (secondary N) is 1. The van der Waals surface area contributed by atoms with Crippen molar-refractivity contribution in [3.05, 3.63) is 23.8 Å². The Morgan fingerprint density at radius 2 is 2.18 bits per heavy atom. The van der Waals surface area contributed by atoms with Gasteiger partial charge in [-0.05, 0) is 37.5 Å². The number of aryl methyl sites for hydroxylation is 1. The first-order chi connectivity index (χ1) is 10.3. The minimum Gasteiger partial charge on any atom is -0.376 e. The maximum atomic E-state index is 12.2. The number of hydrogen-bond acceptors (Lipinski definition) is 4. The Labute approximate surface area is 131 Å². The zero-order valence-electron chi connectivity index (χ0n) is 13.1. The summed E-state index contributed by atoms with van der Waals surface area (Å²) in [6.07, 6.45) is 3.21. The fourth-order valence-corrected chi connectivity index (χ4v) is 3.00. The molecule has 0 saturated carbocycles. The largest absolute Gasteiger partial charge is 0.376 e. The highest BCUT2D eigenvalue weighted by Crippen LogP contribution is 2.21. The van der Waals surface area contributed by atoms with Gasteiger partial charge in [0.15, 0.2) is 9.84 Å². The van der Waals surface area contributed by atoms with Crippen molar-refractivity contribution in [1.29, 1.82) is 0 Å². The van der Waals surface area contributed by atoms with Crippen LogP contribution in [0.5, 0.6) is 0 Å². The summed E-state index contributed by atoms with van der Waals surface area (Å²) in [5.74, 6) is 0. The van der Waals surface area contributed by atoms with E-state index in [-0.39, 0.29) is 17.0 Å². The van der Waals surface area contributed by atoms with Crippen LogP contribution in [-0.2, 0) is 14.6 Å². The van der Waals surface area contributed by atoms with Crippen molar-refractivity contribution in [3.8, 4) is 0 Å². The summed E-state index contributed by atoms with van der Waals surface area (Å²) in [6.45, 7) is 3.09. The van der Waals surface area contributed by atoms with E-state index >= 15 is 0 Å². The van der Waals surface area contributed by atoms with Crippen LogP contribution < -0.4 is 5.32 Å². The van der Waals surface area contributed by atoms with Gasteiger partial charge in [0.1, 0.15) is 0 Å². The van der Waals surface area contributed by atoms with E-state index in [9.17, 15) is 13.2 Å². The molecule has 122 valence electrons. The molecule has 0 aromatic heterocycles. The molecule has 1 fully saturated rings. The second-order valence-electron chi connectivity index (χ2n) is 5.69. The quantitative estimate of drug-likeness (QED) is 0.919. The third-order valence-corrected chi connectivity index (χ3v) is 4.84. The van der Waals surface area contributed by atoms with Crippen LogP contribution in [0.1, 0.15) is 18.4 Å². The molecule has 0 bridgehead atoms. The molecule has 1 aromatic carbocycles. The van der Waals surface area contributed by atoms with Crippen LogP contribution in [0.4, 0.5) is 10.5 Å². The molecule has 1 N–H and O–H groups in total. The maximum Gasteiger partial charge on any atom is 0.321 e. The van der Waals surface area contributed by atoms with Gasteiger partial charge in [0.2, 0.25) is 0 Å². The fraction of sp³-hybridized carbons (Fsp3) is 0.533. The number of hydrogen-bond donors (Lipinski definition) is 1. The molecule has 1 saturated heterocycles. The van der Waals surface area contributed by atoms with Crippen molar-refractivity contribution >= 4 is 21.6 Å². The van der Waals surface area contributed by atoms with E-state index in [2.05, 4.69) is 5.32 Å². The highest BCUT2D eigenvalue weighted by Gasteiger charge is 2.20. The predicted molar refractivity (Wildman–Crippen MR) is 84.9 cm³/mol. The first-order valence-corrected chi connectivity index (χ1v) is 9.11. The molecule has 7 heteroatoms. The van der Waals surface area contributed by atoms with Crippen molar-refractivity contribution in [2.24, 2.45) is 0 Å². The van der Waals surface area contributed by atoms with Gasteiger partial charge in [-0.1, -0.05) is 6.07 Å². The maximum absolute atomic E-state index is 12.2. The Morgan fingerprint density at radius 1 is 1.45 bits per heavy atom. The Morgan fingerprint density at radius 3 is 2.77 bits per heavy atom. The lowest BCUT2D eigenvalue weighted by Crippen LogP contribution is -2.37. The van der Waals surface area contributed by atoms with Crippen LogP contribution in [0, 0.1) is 6.92 Å². The molecule has 0 aliphatic carbocycles. The van der Waals surface area contributed by atoms with Gasteiger partial charge in [-0.3, -0.25) is 0 Å². The van der Waals surface area contributed by atoms with Crippen molar-refractivity contribution in [2.45, 2.75) is 30.8 Å². The summed E-state index contributed by atoms with van der Waals surface area (Å²) in [4.78, 5) is 14.0. The number of ether oxygens (including phenoxy) is 1. The molecular weight excluding hydrogens is 304 g/mol. The summed E-state index contributed by atoms with van der Waals surface area (Å²) in [5.41, 5.74) is 1.32. The summed E-state index contributed by atoms with van der Waals surface area (Å²) in [5, 5.41) is 2.76. The number of carbonyl (C=O) groups excluding carboxylic acids is 1. The predicted octanol–water partition coefficient (Wildman–Crippen LogP) is 2.04. The molecule has 1 atom stereocenters. The Bertz CT molecular complexity index is 652. The van der Waals surface area contributed by atoms with Crippen LogP contribution in [0.3, 0.4) is 0 Å². The van der Waals surface area contributed by atoms with E-state index in [0.717, 1.165) is 31.3 Å². The smallest absolute Gasteiger partial charge is 0.321 e. The van der Waals surface area contributed by atoms with Gasteiger partial charge in [-0.2, -0.15) is 0 Å². The van der Waals surface area contributed by atoms with Crippen molar-refractivity contribution < 1.29 is 17.9 Å². The highest BCUT2D eigenvalue weighted by molar-refractivity contribution is 7.90. The van der Waals surface area contributed by atoms with Crippen LogP contribution >= 0.6 is 0 Å². The highest BCUT2D eigenvalue weighted by atomic mass is 32.2. The molecular formula is C15H22N2O4S. The molecule has 2 amide bonds. The molecule has 0 unspecified atom stereocenters.